The van der Waals surface area contributed by atoms with Crippen molar-refractivity contribution in [3.8, 4) is 5.75 Å². The van der Waals surface area contributed by atoms with Gasteiger partial charge in [0.05, 0.1) is 46.0 Å². The SMILES string of the molecule is CCOC(=O)c1ccc(N2C(=O)C3Sc4c(sc(=O)n4CC(=O)Nc4ccc(OC)cc4)[C@H](c4cccc(Cl)c4Cl)C3C2=O)cc1. The highest BCUT2D eigenvalue weighted by Crippen LogP contribution is 2.55. The molecule has 2 unspecified atom stereocenters. The number of benzene rings is 3. The van der Waals surface area contributed by atoms with Crippen molar-refractivity contribution in [1.82, 2.24) is 4.57 Å². The molecule has 3 atom stereocenters. The number of methoxy groups -OCH3 is 1. The topological polar surface area (TPSA) is 124 Å². The maximum absolute atomic E-state index is 14.2. The summed E-state index contributed by atoms with van der Waals surface area (Å²) >= 11 is 15.1. The molecule has 3 heterocycles. The van der Waals surface area contributed by atoms with Crippen molar-refractivity contribution in [2.24, 2.45) is 5.92 Å². The Kier molecular flexibility index (Phi) is 8.97. The van der Waals surface area contributed by atoms with E-state index in [-0.39, 0.29) is 34.4 Å². The van der Waals surface area contributed by atoms with Crippen LogP contribution in [0.25, 0.3) is 0 Å². The van der Waals surface area contributed by atoms with Crippen molar-refractivity contribution in [3.63, 3.8) is 0 Å². The van der Waals surface area contributed by atoms with E-state index in [1.165, 1.54) is 35.9 Å². The van der Waals surface area contributed by atoms with Crippen LogP contribution in [0.2, 0.25) is 10.0 Å². The predicted octanol–water partition coefficient (Wildman–Crippen LogP) is 5.84. The molecule has 4 aromatic rings. The second-order valence-corrected chi connectivity index (χ2v) is 13.3. The van der Waals surface area contributed by atoms with E-state index in [1.807, 2.05) is 0 Å². The Balaban J connectivity index is 1.38. The number of halogens is 2. The van der Waals surface area contributed by atoms with Gasteiger partial charge in [0.15, 0.2) is 0 Å². The minimum Gasteiger partial charge on any atom is -0.497 e. The fourth-order valence-corrected chi connectivity index (χ4v) is 8.77. The number of nitrogens with one attached hydrogen (secondary N) is 1. The number of anilines is 2. The third kappa shape index (κ3) is 5.70. The van der Waals surface area contributed by atoms with Crippen molar-refractivity contribution in [2.75, 3.05) is 23.9 Å². The number of rotatable bonds is 8. The van der Waals surface area contributed by atoms with E-state index in [9.17, 15) is 24.0 Å². The Bertz CT molecular complexity index is 1930. The van der Waals surface area contributed by atoms with Crippen molar-refractivity contribution in [1.29, 1.82) is 0 Å². The molecule has 1 aromatic heterocycles. The summed E-state index contributed by atoms with van der Waals surface area (Å²) in [7, 11) is 1.54. The Morgan fingerprint density at radius 3 is 2.35 bits per heavy atom. The molecular weight excluding hydrogens is 673 g/mol. The number of ether oxygens (including phenoxy) is 2. The van der Waals surface area contributed by atoms with Gasteiger partial charge in [-0.2, -0.15) is 0 Å². The van der Waals surface area contributed by atoms with Crippen LogP contribution in [0.4, 0.5) is 11.4 Å². The molecule has 236 valence electrons. The lowest BCUT2D eigenvalue weighted by molar-refractivity contribution is -0.122. The number of hydrogen-bond acceptors (Lipinski definition) is 9. The number of thioether (sulfide) groups is 1. The number of hydrogen-bond donors (Lipinski definition) is 1. The minimum absolute atomic E-state index is 0.202. The van der Waals surface area contributed by atoms with Crippen LogP contribution in [-0.2, 0) is 25.7 Å². The molecule has 46 heavy (non-hydrogen) atoms. The number of imide groups is 1. The first-order chi connectivity index (χ1) is 22.1. The number of fused-ring (bicyclic) bond motifs is 2. The molecule has 0 bridgehead atoms. The lowest BCUT2D eigenvalue weighted by Gasteiger charge is -2.31. The van der Waals surface area contributed by atoms with Crippen LogP contribution in [0.1, 0.15) is 33.6 Å². The quantitative estimate of drug-likeness (QED) is 0.180. The molecular formula is C32H25Cl2N3O7S2. The molecule has 0 aliphatic carbocycles. The molecule has 2 aliphatic rings. The molecule has 2 aliphatic heterocycles. The van der Waals surface area contributed by atoms with Crippen LogP contribution in [0.5, 0.6) is 5.75 Å². The fraction of sp³-hybridized carbons (Fsp3) is 0.219. The van der Waals surface area contributed by atoms with Crippen LogP contribution < -0.4 is 19.8 Å². The van der Waals surface area contributed by atoms with Gasteiger partial charge in [0.25, 0.3) is 0 Å². The van der Waals surface area contributed by atoms with Crippen LogP contribution in [0, 0.1) is 5.92 Å². The lowest BCUT2D eigenvalue weighted by Crippen LogP contribution is -2.33. The van der Waals surface area contributed by atoms with Gasteiger partial charge >= 0.3 is 10.8 Å². The largest absolute Gasteiger partial charge is 0.497 e. The van der Waals surface area contributed by atoms with Gasteiger partial charge in [0, 0.05) is 16.5 Å². The molecule has 1 N–H and O–H groups in total. The Labute approximate surface area is 281 Å². The van der Waals surface area contributed by atoms with E-state index in [0.29, 0.717) is 26.9 Å². The van der Waals surface area contributed by atoms with E-state index < -0.39 is 45.6 Å². The summed E-state index contributed by atoms with van der Waals surface area (Å²) in [4.78, 5) is 68.0. The molecule has 3 aromatic carbocycles. The zero-order valence-electron chi connectivity index (χ0n) is 24.3. The number of carbonyl (C=O) groups is 4. The van der Waals surface area contributed by atoms with E-state index in [4.69, 9.17) is 32.7 Å². The number of nitrogens with zero attached hydrogens (tertiary/aromatic N) is 2. The molecule has 6 rings (SSSR count). The third-order valence-electron chi connectivity index (χ3n) is 7.68. The van der Waals surface area contributed by atoms with Crippen molar-refractivity contribution < 1.29 is 28.7 Å². The molecule has 0 spiro atoms. The van der Waals surface area contributed by atoms with Gasteiger partial charge in [-0.05, 0) is 67.1 Å². The first-order valence-electron chi connectivity index (χ1n) is 14.1. The molecule has 1 saturated heterocycles. The summed E-state index contributed by atoms with van der Waals surface area (Å²) in [6.07, 6.45) is 0. The summed E-state index contributed by atoms with van der Waals surface area (Å²) in [5.41, 5.74) is 1.57. The number of carbonyl (C=O) groups excluding carboxylic acids is 4. The number of amides is 3. The zero-order valence-corrected chi connectivity index (χ0v) is 27.5. The second kappa shape index (κ2) is 13.0. The first kappa shape index (κ1) is 31.9. The summed E-state index contributed by atoms with van der Waals surface area (Å²) in [5, 5.41) is 2.70. The zero-order chi connectivity index (χ0) is 32.7. The average Bonchev–Trinajstić information content (AvgIpc) is 3.49. The summed E-state index contributed by atoms with van der Waals surface area (Å²) in [6, 6.07) is 17.8. The molecule has 3 amide bonds. The fourth-order valence-electron chi connectivity index (χ4n) is 5.59. The average molecular weight is 699 g/mol. The number of thiazole rings is 1. The lowest BCUT2D eigenvalue weighted by atomic mass is 9.83. The Morgan fingerprint density at radius 1 is 0.957 bits per heavy atom. The number of aromatic nitrogens is 1. The van der Waals surface area contributed by atoms with Gasteiger partial charge in [0.2, 0.25) is 17.7 Å². The number of esters is 1. The Morgan fingerprint density at radius 2 is 1.67 bits per heavy atom. The molecule has 14 heteroatoms. The second-order valence-electron chi connectivity index (χ2n) is 10.4. The van der Waals surface area contributed by atoms with E-state index >= 15 is 0 Å². The van der Waals surface area contributed by atoms with Crippen molar-refractivity contribution in [2.45, 2.75) is 29.7 Å². The minimum atomic E-state index is -0.935. The maximum Gasteiger partial charge on any atom is 0.338 e. The van der Waals surface area contributed by atoms with Crippen molar-refractivity contribution in [3.05, 3.63) is 102 Å². The monoisotopic (exact) mass is 697 g/mol. The predicted molar refractivity (Wildman–Crippen MR) is 177 cm³/mol. The van der Waals surface area contributed by atoms with Crippen molar-refractivity contribution >= 4 is 81.4 Å². The van der Waals surface area contributed by atoms with Gasteiger partial charge < -0.3 is 14.8 Å². The van der Waals surface area contributed by atoms with Gasteiger partial charge in [-0.15, -0.1) is 0 Å². The van der Waals surface area contributed by atoms with E-state index in [2.05, 4.69) is 5.32 Å². The summed E-state index contributed by atoms with van der Waals surface area (Å²) in [6.45, 7) is 1.58. The molecule has 1 fully saturated rings. The highest BCUT2D eigenvalue weighted by Gasteiger charge is 2.57. The maximum atomic E-state index is 14.2. The normalized spacial score (nSPS) is 18.6. The highest BCUT2D eigenvalue weighted by molar-refractivity contribution is 8.00. The van der Waals surface area contributed by atoms with E-state index in [1.54, 1.807) is 49.4 Å². The van der Waals surface area contributed by atoms with Gasteiger partial charge in [-0.3, -0.25) is 23.7 Å². The van der Waals surface area contributed by atoms with Gasteiger partial charge in [-0.1, -0.05) is 58.4 Å². The van der Waals surface area contributed by atoms with Crippen LogP contribution in [-0.4, -0.2) is 47.2 Å². The first-order valence-corrected chi connectivity index (χ1v) is 16.5. The van der Waals surface area contributed by atoms with Gasteiger partial charge in [-0.25, -0.2) is 9.69 Å². The molecule has 0 radical (unpaired) electrons. The third-order valence-corrected chi connectivity index (χ3v) is 11.1. The van der Waals surface area contributed by atoms with Crippen LogP contribution >= 0.6 is 46.3 Å². The highest BCUT2D eigenvalue weighted by atomic mass is 35.5. The standard InChI is InChI=1S/C32H25Cl2N3O7S2/c1-3-44-31(41)16-7-11-18(12-8-16)37-28(39)24-23(20-5-4-6-21(33)25(20)34)27-30(45-26(24)29(37)40)36(32(42)46-27)15-22(38)35-17-9-13-19(43-2)14-10-17/h4-14,23-24,26H,3,15H2,1-2H3,(H,35,38)/t23-,24?,26?/m1/s1. The molecule has 10 nitrogen and oxygen atoms in total. The van der Waals surface area contributed by atoms with E-state index in [0.717, 1.165) is 28.0 Å². The summed E-state index contributed by atoms with van der Waals surface area (Å²) < 4.78 is 11.5. The molecule has 0 saturated carbocycles. The van der Waals surface area contributed by atoms with Crippen LogP contribution in [0.3, 0.4) is 0 Å². The Hall–Kier alpha value is -4.10. The smallest absolute Gasteiger partial charge is 0.338 e. The van der Waals surface area contributed by atoms with Crippen LogP contribution in [0.15, 0.2) is 76.6 Å². The van der Waals surface area contributed by atoms with Gasteiger partial charge in [0.1, 0.15) is 17.5 Å². The summed E-state index contributed by atoms with van der Waals surface area (Å²) in [5.74, 6) is -3.05.